The molecule has 1 amide bonds. The Labute approximate surface area is 180 Å². The molecule has 0 aliphatic heterocycles. The lowest BCUT2D eigenvalue weighted by Gasteiger charge is -2.21. The van der Waals surface area contributed by atoms with E-state index in [0.717, 1.165) is 36.5 Å². The maximum Gasteiger partial charge on any atom is 0.233 e. The van der Waals surface area contributed by atoms with E-state index < -0.39 is 0 Å². The summed E-state index contributed by atoms with van der Waals surface area (Å²) >= 11 is 1.33. The van der Waals surface area contributed by atoms with Crippen molar-refractivity contribution < 1.29 is 9.53 Å². The molecule has 0 fully saturated rings. The van der Waals surface area contributed by atoms with Gasteiger partial charge in [-0.05, 0) is 44.5 Å². The number of ether oxygens (including phenoxy) is 1. The van der Waals surface area contributed by atoms with E-state index in [1.807, 2.05) is 43.0 Å². The number of thioether (sulfide) groups is 1. The zero-order valence-corrected chi connectivity index (χ0v) is 18.7. The van der Waals surface area contributed by atoms with Gasteiger partial charge in [0.15, 0.2) is 10.8 Å². The molecule has 2 heterocycles. The Kier molecular flexibility index (Phi) is 7.15. The first-order chi connectivity index (χ1) is 14.5. The van der Waals surface area contributed by atoms with Gasteiger partial charge in [-0.15, -0.1) is 0 Å². The Morgan fingerprint density at radius 1 is 1.30 bits per heavy atom. The number of rotatable bonds is 9. The molecule has 0 atom stereocenters. The number of nitrogens with one attached hydrogen (secondary N) is 2. The molecule has 0 aliphatic rings. The minimum atomic E-state index is 0.0730. The number of methoxy groups -OCH3 is 1. The average molecular weight is 429 g/mol. The number of aromatic nitrogens is 4. The van der Waals surface area contributed by atoms with Crippen molar-refractivity contribution in [1.29, 1.82) is 5.41 Å². The summed E-state index contributed by atoms with van der Waals surface area (Å²) in [5.74, 6) is 1.07. The van der Waals surface area contributed by atoms with E-state index in [1.165, 1.54) is 11.8 Å². The first-order valence-corrected chi connectivity index (χ1v) is 11.1. The Morgan fingerprint density at radius 3 is 2.67 bits per heavy atom. The zero-order valence-electron chi connectivity index (χ0n) is 17.9. The molecule has 3 rings (SSSR count). The number of aromatic amines is 1. The number of nitrogens with zero attached hydrogens (tertiary/aromatic N) is 4. The fourth-order valence-electron chi connectivity index (χ4n) is 3.22. The van der Waals surface area contributed by atoms with Crippen molar-refractivity contribution in [1.82, 2.24) is 24.6 Å². The number of carbonyl (C=O) groups excluding carboxylic acids is 1. The summed E-state index contributed by atoms with van der Waals surface area (Å²) in [7, 11) is 1.62. The third-order valence-corrected chi connectivity index (χ3v) is 5.88. The summed E-state index contributed by atoms with van der Waals surface area (Å²) in [6.45, 7) is 7.43. The van der Waals surface area contributed by atoms with Crippen molar-refractivity contribution in [3.8, 4) is 11.4 Å². The molecule has 0 unspecified atom stereocenters. The number of carbonyl (C=O) groups is 1. The van der Waals surface area contributed by atoms with E-state index in [0.29, 0.717) is 22.7 Å². The molecular weight excluding hydrogens is 400 g/mol. The molecule has 1 aromatic carbocycles. The quantitative estimate of drug-likeness (QED) is 0.402. The van der Waals surface area contributed by atoms with Crippen molar-refractivity contribution in [2.24, 2.45) is 0 Å². The van der Waals surface area contributed by atoms with Gasteiger partial charge in [0, 0.05) is 24.5 Å². The van der Waals surface area contributed by atoms with Crippen LogP contribution in [-0.2, 0) is 4.79 Å². The first-order valence-electron chi connectivity index (χ1n) is 10.1. The highest BCUT2D eigenvalue weighted by atomic mass is 32.2. The average Bonchev–Trinajstić information content (AvgIpc) is 3.13. The second-order valence-corrected chi connectivity index (χ2v) is 7.88. The van der Waals surface area contributed by atoms with Crippen LogP contribution in [0.4, 0.5) is 0 Å². The van der Waals surface area contributed by atoms with Crippen molar-refractivity contribution in [2.75, 3.05) is 26.0 Å². The van der Waals surface area contributed by atoms with Gasteiger partial charge in [0.25, 0.3) is 0 Å². The van der Waals surface area contributed by atoms with Crippen LogP contribution in [0.25, 0.3) is 16.7 Å². The SMILES string of the molecule is CCCCN(CC)C(=O)CSc1nc2n[nH]c(C)c2c(=N)n1-c1ccc(OC)cc1. The lowest BCUT2D eigenvalue weighted by molar-refractivity contribution is -0.128. The van der Waals surface area contributed by atoms with Crippen LogP contribution in [0.5, 0.6) is 5.75 Å². The molecule has 8 nitrogen and oxygen atoms in total. The van der Waals surface area contributed by atoms with Gasteiger partial charge in [-0.3, -0.25) is 19.9 Å². The minimum absolute atomic E-state index is 0.0730. The van der Waals surface area contributed by atoms with Crippen LogP contribution in [0.3, 0.4) is 0 Å². The van der Waals surface area contributed by atoms with Crippen LogP contribution in [0, 0.1) is 12.3 Å². The van der Waals surface area contributed by atoms with Gasteiger partial charge in [-0.25, -0.2) is 4.98 Å². The molecule has 2 aromatic heterocycles. The number of fused-ring (bicyclic) bond motifs is 1. The number of hydrogen-bond donors (Lipinski definition) is 2. The first kappa shape index (κ1) is 21.9. The molecule has 0 bridgehead atoms. The third-order valence-electron chi connectivity index (χ3n) is 4.95. The van der Waals surface area contributed by atoms with E-state index in [4.69, 9.17) is 10.1 Å². The number of benzene rings is 1. The smallest absolute Gasteiger partial charge is 0.233 e. The molecule has 9 heteroatoms. The number of aryl methyl sites for hydroxylation is 1. The predicted molar refractivity (Wildman–Crippen MR) is 118 cm³/mol. The maximum atomic E-state index is 12.7. The summed E-state index contributed by atoms with van der Waals surface area (Å²) in [4.78, 5) is 19.2. The summed E-state index contributed by atoms with van der Waals surface area (Å²) in [5, 5.41) is 17.1. The Hall–Kier alpha value is -2.81. The fraction of sp³-hybridized carbons (Fsp3) is 0.429. The van der Waals surface area contributed by atoms with Crippen LogP contribution in [0.1, 0.15) is 32.4 Å². The fourth-order valence-corrected chi connectivity index (χ4v) is 4.13. The Balaban J connectivity index is 1.98. The van der Waals surface area contributed by atoms with Gasteiger partial charge in [0.1, 0.15) is 11.2 Å². The van der Waals surface area contributed by atoms with E-state index in [-0.39, 0.29) is 17.1 Å². The summed E-state index contributed by atoms with van der Waals surface area (Å²) in [6, 6.07) is 7.45. The normalized spacial score (nSPS) is 11.1. The third kappa shape index (κ3) is 4.51. The number of H-pyrrole nitrogens is 1. The van der Waals surface area contributed by atoms with E-state index in [1.54, 1.807) is 11.7 Å². The van der Waals surface area contributed by atoms with Crippen LogP contribution in [-0.4, -0.2) is 56.5 Å². The predicted octanol–water partition coefficient (Wildman–Crippen LogP) is 3.29. The highest BCUT2D eigenvalue weighted by molar-refractivity contribution is 7.99. The summed E-state index contributed by atoms with van der Waals surface area (Å²) < 4.78 is 7.00. The highest BCUT2D eigenvalue weighted by Gasteiger charge is 2.18. The van der Waals surface area contributed by atoms with E-state index in [2.05, 4.69) is 22.1 Å². The zero-order chi connectivity index (χ0) is 21.7. The van der Waals surface area contributed by atoms with Gasteiger partial charge in [0.2, 0.25) is 5.91 Å². The second-order valence-electron chi connectivity index (χ2n) is 6.94. The topological polar surface area (TPSA) is 99.9 Å². The molecule has 0 aliphatic carbocycles. The van der Waals surface area contributed by atoms with Crippen molar-refractivity contribution in [3.05, 3.63) is 35.4 Å². The van der Waals surface area contributed by atoms with Crippen LogP contribution < -0.4 is 10.2 Å². The monoisotopic (exact) mass is 428 g/mol. The highest BCUT2D eigenvalue weighted by Crippen LogP contribution is 2.23. The van der Waals surface area contributed by atoms with Crippen LogP contribution in [0.2, 0.25) is 0 Å². The van der Waals surface area contributed by atoms with Gasteiger partial charge in [-0.2, -0.15) is 5.10 Å². The maximum absolute atomic E-state index is 12.7. The largest absolute Gasteiger partial charge is 0.497 e. The molecule has 0 saturated carbocycles. The van der Waals surface area contributed by atoms with Crippen LogP contribution in [0.15, 0.2) is 29.4 Å². The number of amides is 1. The van der Waals surface area contributed by atoms with Gasteiger partial charge in [-0.1, -0.05) is 25.1 Å². The summed E-state index contributed by atoms with van der Waals surface area (Å²) in [6.07, 6.45) is 2.04. The second kappa shape index (κ2) is 9.80. The van der Waals surface area contributed by atoms with E-state index in [9.17, 15) is 4.79 Å². The molecule has 3 aromatic rings. The number of unbranched alkanes of at least 4 members (excludes halogenated alkanes) is 1. The molecular formula is C21H28N6O2S. The molecule has 0 saturated heterocycles. The summed E-state index contributed by atoms with van der Waals surface area (Å²) in [5.41, 5.74) is 2.33. The van der Waals surface area contributed by atoms with Crippen molar-refractivity contribution >= 4 is 28.7 Å². The molecule has 2 N–H and O–H groups in total. The van der Waals surface area contributed by atoms with Crippen LogP contribution >= 0.6 is 11.8 Å². The lowest BCUT2D eigenvalue weighted by atomic mass is 10.2. The minimum Gasteiger partial charge on any atom is -0.497 e. The standard InChI is InChI=1S/C21H28N6O2S/c1-5-7-12-26(6-2)17(28)13-30-21-23-20-18(14(3)24-25-20)19(22)27(21)15-8-10-16(29-4)11-9-15/h8-11,22H,5-7,12-13H2,1-4H3,(H,24,25). The number of hydrogen-bond acceptors (Lipinski definition) is 6. The van der Waals surface area contributed by atoms with Crippen molar-refractivity contribution in [3.63, 3.8) is 0 Å². The van der Waals surface area contributed by atoms with E-state index >= 15 is 0 Å². The molecule has 30 heavy (non-hydrogen) atoms. The van der Waals surface area contributed by atoms with Crippen molar-refractivity contribution in [2.45, 2.75) is 38.8 Å². The van der Waals surface area contributed by atoms with Gasteiger partial charge in [0.05, 0.1) is 18.2 Å². The van der Waals surface area contributed by atoms with Gasteiger partial charge >= 0.3 is 0 Å². The molecule has 0 spiro atoms. The van der Waals surface area contributed by atoms with Gasteiger partial charge < -0.3 is 9.64 Å². The molecule has 160 valence electrons. The Morgan fingerprint density at radius 2 is 2.03 bits per heavy atom. The lowest BCUT2D eigenvalue weighted by Crippen LogP contribution is -2.33. The molecule has 0 radical (unpaired) electrons. The Bertz CT molecular complexity index is 1070.